The van der Waals surface area contributed by atoms with Crippen LogP contribution < -0.4 is 9.62 Å². The standard InChI is InChI=1S/C19H19ClN2O4S/c1-12-4-3-5-14(8-12)10-21-18(23)16-7-6-15(9-17(16)20)22-19(24)13(2)11-27(22,25)26/h3-9,13H,10-11H2,1-2H3,(H,21,23). The number of amides is 2. The number of nitrogens with zero attached hydrogens (tertiary/aromatic N) is 1. The summed E-state index contributed by atoms with van der Waals surface area (Å²) in [5.41, 5.74) is 2.41. The number of hydrogen-bond donors (Lipinski definition) is 1. The molecule has 2 aromatic carbocycles. The number of aryl methyl sites for hydroxylation is 1. The van der Waals surface area contributed by atoms with E-state index in [1.54, 1.807) is 6.92 Å². The van der Waals surface area contributed by atoms with E-state index in [4.69, 9.17) is 11.6 Å². The number of carbonyl (C=O) groups excluding carboxylic acids is 2. The van der Waals surface area contributed by atoms with Gasteiger partial charge < -0.3 is 5.32 Å². The highest BCUT2D eigenvalue weighted by Crippen LogP contribution is 2.31. The van der Waals surface area contributed by atoms with Gasteiger partial charge in [0.05, 0.1) is 27.9 Å². The van der Waals surface area contributed by atoms with Crippen molar-refractivity contribution in [1.82, 2.24) is 5.32 Å². The van der Waals surface area contributed by atoms with Crippen LogP contribution in [-0.2, 0) is 21.4 Å². The Balaban J connectivity index is 1.78. The summed E-state index contributed by atoms with van der Waals surface area (Å²) in [6, 6.07) is 11.9. The Morgan fingerprint density at radius 1 is 1.26 bits per heavy atom. The number of benzene rings is 2. The Morgan fingerprint density at radius 2 is 2.00 bits per heavy atom. The zero-order valence-corrected chi connectivity index (χ0v) is 16.5. The Morgan fingerprint density at radius 3 is 2.59 bits per heavy atom. The molecule has 1 fully saturated rings. The smallest absolute Gasteiger partial charge is 0.253 e. The van der Waals surface area contributed by atoms with Crippen LogP contribution in [-0.4, -0.2) is 26.0 Å². The molecular formula is C19H19ClN2O4S. The van der Waals surface area contributed by atoms with Gasteiger partial charge in [-0.3, -0.25) is 9.59 Å². The highest BCUT2D eigenvalue weighted by molar-refractivity contribution is 7.94. The van der Waals surface area contributed by atoms with Gasteiger partial charge in [-0.15, -0.1) is 0 Å². The van der Waals surface area contributed by atoms with Crippen molar-refractivity contribution in [3.63, 3.8) is 0 Å². The SMILES string of the molecule is Cc1cccc(CNC(=O)c2ccc(N3C(=O)C(C)CS3(=O)=O)cc2Cl)c1. The summed E-state index contributed by atoms with van der Waals surface area (Å²) in [6.07, 6.45) is 0. The molecule has 1 unspecified atom stereocenters. The second-order valence-corrected chi connectivity index (χ2v) is 8.89. The first-order valence-corrected chi connectivity index (χ1v) is 10.4. The molecule has 1 aliphatic rings. The molecule has 1 N–H and O–H groups in total. The zero-order chi connectivity index (χ0) is 19.8. The van der Waals surface area contributed by atoms with Crippen LogP contribution >= 0.6 is 11.6 Å². The van der Waals surface area contributed by atoms with E-state index < -0.39 is 21.8 Å². The highest BCUT2D eigenvalue weighted by Gasteiger charge is 2.42. The molecule has 2 amide bonds. The lowest BCUT2D eigenvalue weighted by Crippen LogP contribution is -2.30. The third kappa shape index (κ3) is 3.99. The molecule has 1 heterocycles. The van der Waals surface area contributed by atoms with Crippen LogP contribution in [0.2, 0.25) is 5.02 Å². The van der Waals surface area contributed by atoms with Crippen molar-refractivity contribution < 1.29 is 18.0 Å². The van der Waals surface area contributed by atoms with E-state index in [0.717, 1.165) is 15.4 Å². The molecule has 3 rings (SSSR count). The third-order valence-corrected chi connectivity index (χ3v) is 6.51. The van der Waals surface area contributed by atoms with Crippen molar-refractivity contribution in [3.05, 3.63) is 64.2 Å². The number of hydrogen-bond acceptors (Lipinski definition) is 4. The van der Waals surface area contributed by atoms with Crippen molar-refractivity contribution in [1.29, 1.82) is 0 Å². The van der Waals surface area contributed by atoms with Crippen LogP contribution in [0.5, 0.6) is 0 Å². The van der Waals surface area contributed by atoms with Crippen LogP contribution in [0.15, 0.2) is 42.5 Å². The van der Waals surface area contributed by atoms with Crippen LogP contribution in [0.25, 0.3) is 0 Å². The summed E-state index contributed by atoms with van der Waals surface area (Å²) < 4.78 is 25.1. The van der Waals surface area contributed by atoms with Crippen LogP contribution in [0, 0.1) is 12.8 Å². The Kier molecular flexibility index (Phi) is 5.26. The van der Waals surface area contributed by atoms with E-state index >= 15 is 0 Å². The van der Waals surface area contributed by atoms with Crippen molar-refractivity contribution in [2.45, 2.75) is 20.4 Å². The average Bonchev–Trinajstić information content (AvgIpc) is 2.80. The van der Waals surface area contributed by atoms with Gasteiger partial charge in [0.2, 0.25) is 15.9 Å². The molecule has 0 spiro atoms. The Hall–Kier alpha value is -2.38. The maximum absolute atomic E-state index is 12.4. The van der Waals surface area contributed by atoms with E-state index in [2.05, 4.69) is 5.32 Å². The van der Waals surface area contributed by atoms with E-state index in [1.165, 1.54) is 18.2 Å². The molecule has 8 heteroatoms. The van der Waals surface area contributed by atoms with Crippen molar-refractivity contribution in [2.75, 3.05) is 10.1 Å². The molecule has 2 aromatic rings. The molecular weight excluding hydrogens is 388 g/mol. The molecule has 1 atom stereocenters. The summed E-state index contributed by atoms with van der Waals surface area (Å²) in [7, 11) is -3.71. The van der Waals surface area contributed by atoms with E-state index in [0.29, 0.717) is 6.54 Å². The second kappa shape index (κ2) is 7.32. The minimum atomic E-state index is -3.71. The lowest BCUT2D eigenvalue weighted by molar-refractivity contribution is -0.119. The predicted molar refractivity (Wildman–Crippen MR) is 104 cm³/mol. The number of sulfonamides is 1. The molecule has 0 aromatic heterocycles. The molecule has 0 radical (unpaired) electrons. The number of rotatable bonds is 4. The van der Waals surface area contributed by atoms with Gasteiger partial charge in [0.25, 0.3) is 5.91 Å². The largest absolute Gasteiger partial charge is 0.348 e. The molecule has 6 nitrogen and oxygen atoms in total. The van der Waals surface area contributed by atoms with Crippen molar-refractivity contribution in [2.24, 2.45) is 5.92 Å². The van der Waals surface area contributed by atoms with Gasteiger partial charge in [0.15, 0.2) is 0 Å². The van der Waals surface area contributed by atoms with Crippen LogP contribution in [0.4, 0.5) is 5.69 Å². The minimum absolute atomic E-state index is 0.0804. The first-order valence-electron chi connectivity index (χ1n) is 8.39. The van der Waals surface area contributed by atoms with Crippen molar-refractivity contribution in [3.8, 4) is 0 Å². The third-order valence-electron chi connectivity index (χ3n) is 4.33. The Bertz CT molecular complexity index is 1020. The molecule has 0 bridgehead atoms. The van der Waals surface area contributed by atoms with Gasteiger partial charge in [0, 0.05) is 6.54 Å². The number of nitrogens with one attached hydrogen (secondary N) is 1. The monoisotopic (exact) mass is 406 g/mol. The molecule has 27 heavy (non-hydrogen) atoms. The minimum Gasteiger partial charge on any atom is -0.348 e. The van der Waals surface area contributed by atoms with E-state index in [9.17, 15) is 18.0 Å². The maximum atomic E-state index is 12.4. The fourth-order valence-electron chi connectivity index (χ4n) is 3.00. The first-order chi connectivity index (χ1) is 12.7. The van der Waals surface area contributed by atoms with E-state index in [-0.39, 0.29) is 27.9 Å². The van der Waals surface area contributed by atoms with Crippen molar-refractivity contribution >= 4 is 39.1 Å². The average molecular weight is 407 g/mol. The predicted octanol–water partition coefficient (Wildman–Crippen LogP) is 2.89. The zero-order valence-electron chi connectivity index (χ0n) is 14.9. The second-order valence-electron chi connectivity index (χ2n) is 6.62. The van der Waals surface area contributed by atoms with E-state index in [1.807, 2.05) is 31.2 Å². The van der Waals surface area contributed by atoms with Crippen LogP contribution in [0.1, 0.15) is 28.4 Å². The number of anilines is 1. The maximum Gasteiger partial charge on any atom is 0.253 e. The van der Waals surface area contributed by atoms with Gasteiger partial charge in [-0.1, -0.05) is 48.4 Å². The summed E-state index contributed by atoms with van der Waals surface area (Å²) in [5, 5.41) is 2.86. The summed E-state index contributed by atoms with van der Waals surface area (Å²) >= 11 is 6.19. The number of carbonyl (C=O) groups is 2. The first kappa shape index (κ1) is 19.4. The topological polar surface area (TPSA) is 83.6 Å². The molecule has 0 saturated carbocycles. The molecule has 1 aliphatic heterocycles. The fourth-order valence-corrected chi connectivity index (χ4v) is 5.07. The van der Waals surface area contributed by atoms with Gasteiger partial charge in [-0.05, 0) is 30.7 Å². The quantitative estimate of drug-likeness (QED) is 0.846. The van der Waals surface area contributed by atoms with Gasteiger partial charge >= 0.3 is 0 Å². The normalized spacial score (nSPS) is 18.6. The number of halogens is 1. The summed E-state index contributed by atoms with van der Waals surface area (Å²) in [4.78, 5) is 24.6. The van der Waals surface area contributed by atoms with Gasteiger partial charge in [-0.2, -0.15) is 0 Å². The van der Waals surface area contributed by atoms with Gasteiger partial charge in [0.1, 0.15) is 0 Å². The molecule has 1 saturated heterocycles. The summed E-state index contributed by atoms with van der Waals surface area (Å²) in [5.74, 6) is -1.71. The molecule has 0 aliphatic carbocycles. The van der Waals surface area contributed by atoms with Gasteiger partial charge in [-0.25, -0.2) is 12.7 Å². The molecule has 142 valence electrons. The Labute approximate surface area is 163 Å². The fraction of sp³-hybridized carbons (Fsp3) is 0.263. The lowest BCUT2D eigenvalue weighted by atomic mass is 10.1. The van der Waals surface area contributed by atoms with Crippen LogP contribution in [0.3, 0.4) is 0 Å². The lowest BCUT2D eigenvalue weighted by Gasteiger charge is -2.16. The summed E-state index contributed by atoms with van der Waals surface area (Å²) in [6.45, 7) is 3.87. The highest BCUT2D eigenvalue weighted by atomic mass is 35.5.